The summed E-state index contributed by atoms with van der Waals surface area (Å²) in [6.45, 7) is 0. The fraction of sp³-hybridized carbons (Fsp3) is 0.545. The molecule has 0 atom stereocenters. The third-order valence-corrected chi connectivity index (χ3v) is 2.87. The third kappa shape index (κ3) is 2.68. The second-order valence-electron chi connectivity index (χ2n) is 4.15. The second-order valence-corrected chi connectivity index (χ2v) is 4.15. The maximum Gasteiger partial charge on any atom is 0.269 e. The first-order valence-corrected chi connectivity index (χ1v) is 5.66. The Kier molecular flexibility index (Phi) is 3.34. The molecule has 1 aromatic rings. The Hall–Kier alpha value is -1.65. The average Bonchev–Trinajstić information content (AvgIpc) is 2.31. The molecule has 0 bridgehead atoms. The highest BCUT2D eigenvalue weighted by atomic mass is 16.1. The van der Waals surface area contributed by atoms with Gasteiger partial charge in [-0.05, 0) is 25.0 Å². The van der Waals surface area contributed by atoms with Crippen LogP contribution in [-0.4, -0.2) is 22.1 Å². The van der Waals surface area contributed by atoms with E-state index in [9.17, 15) is 4.79 Å². The highest BCUT2D eigenvalue weighted by molar-refractivity contribution is 5.90. The molecule has 1 aliphatic rings. The van der Waals surface area contributed by atoms with E-state index in [2.05, 4.69) is 15.5 Å². The predicted octanol–water partition coefficient (Wildman–Crippen LogP) is 1.32. The number of aromatic nitrogens is 2. The average molecular weight is 220 g/mol. The Morgan fingerprint density at radius 2 is 2.00 bits per heavy atom. The van der Waals surface area contributed by atoms with E-state index in [4.69, 9.17) is 5.73 Å². The van der Waals surface area contributed by atoms with E-state index >= 15 is 0 Å². The van der Waals surface area contributed by atoms with Crippen LogP contribution in [0, 0.1) is 0 Å². The lowest BCUT2D eigenvalue weighted by molar-refractivity contribution is 0.0994. The molecule has 1 amide bonds. The van der Waals surface area contributed by atoms with E-state index in [-0.39, 0.29) is 5.69 Å². The van der Waals surface area contributed by atoms with Crippen LogP contribution >= 0.6 is 0 Å². The molecule has 16 heavy (non-hydrogen) atoms. The number of amides is 1. The van der Waals surface area contributed by atoms with Crippen LogP contribution in [0.3, 0.4) is 0 Å². The van der Waals surface area contributed by atoms with Crippen LogP contribution in [0.4, 0.5) is 5.82 Å². The van der Waals surface area contributed by atoms with Crippen molar-refractivity contribution in [2.45, 2.75) is 38.1 Å². The molecule has 86 valence electrons. The Morgan fingerprint density at radius 1 is 1.25 bits per heavy atom. The van der Waals surface area contributed by atoms with Crippen LogP contribution < -0.4 is 11.1 Å². The van der Waals surface area contributed by atoms with Gasteiger partial charge < -0.3 is 11.1 Å². The standard InChI is InChI=1S/C11H16N4O/c12-11(16)9-6-7-10(15-14-9)13-8-4-2-1-3-5-8/h6-8H,1-5H2,(H2,12,16)(H,13,15). The molecule has 5 heteroatoms. The van der Waals surface area contributed by atoms with Crippen molar-refractivity contribution < 1.29 is 4.79 Å². The van der Waals surface area contributed by atoms with Gasteiger partial charge in [-0.3, -0.25) is 4.79 Å². The van der Waals surface area contributed by atoms with Crippen molar-refractivity contribution in [1.29, 1.82) is 0 Å². The Labute approximate surface area is 94.4 Å². The van der Waals surface area contributed by atoms with Gasteiger partial charge in [0.15, 0.2) is 5.69 Å². The minimum absolute atomic E-state index is 0.203. The topological polar surface area (TPSA) is 80.9 Å². The minimum atomic E-state index is -0.545. The fourth-order valence-electron chi connectivity index (χ4n) is 2.00. The molecule has 1 saturated carbocycles. The van der Waals surface area contributed by atoms with E-state index < -0.39 is 5.91 Å². The number of anilines is 1. The summed E-state index contributed by atoms with van der Waals surface area (Å²) in [4.78, 5) is 10.8. The molecule has 1 aromatic heterocycles. The molecule has 1 aliphatic carbocycles. The van der Waals surface area contributed by atoms with Gasteiger partial charge in [-0.2, -0.15) is 0 Å². The highest BCUT2D eigenvalue weighted by Crippen LogP contribution is 2.20. The predicted molar refractivity (Wildman–Crippen MR) is 61.0 cm³/mol. The number of nitrogens with two attached hydrogens (primary N) is 1. The van der Waals surface area contributed by atoms with Gasteiger partial charge >= 0.3 is 0 Å². The van der Waals surface area contributed by atoms with Gasteiger partial charge in [-0.15, -0.1) is 10.2 Å². The van der Waals surface area contributed by atoms with Gasteiger partial charge in [-0.25, -0.2) is 0 Å². The molecule has 0 unspecified atom stereocenters. The van der Waals surface area contributed by atoms with Gasteiger partial charge in [0.1, 0.15) is 5.82 Å². The van der Waals surface area contributed by atoms with Gasteiger partial charge in [0, 0.05) is 6.04 Å². The minimum Gasteiger partial charge on any atom is -0.366 e. The molecular formula is C11H16N4O. The fourth-order valence-corrected chi connectivity index (χ4v) is 2.00. The van der Waals surface area contributed by atoms with E-state index in [1.54, 1.807) is 12.1 Å². The molecule has 0 spiro atoms. The van der Waals surface area contributed by atoms with Crippen molar-refractivity contribution in [3.8, 4) is 0 Å². The first-order valence-electron chi connectivity index (χ1n) is 5.66. The van der Waals surface area contributed by atoms with Crippen molar-refractivity contribution in [1.82, 2.24) is 10.2 Å². The Bertz CT molecular complexity index is 357. The Morgan fingerprint density at radius 3 is 2.56 bits per heavy atom. The van der Waals surface area contributed by atoms with E-state index in [1.165, 1.54) is 32.1 Å². The zero-order valence-corrected chi connectivity index (χ0v) is 9.15. The summed E-state index contributed by atoms with van der Waals surface area (Å²) < 4.78 is 0. The second kappa shape index (κ2) is 4.92. The molecule has 3 N–H and O–H groups in total. The van der Waals surface area contributed by atoms with E-state index in [0.717, 1.165) is 5.82 Å². The number of nitrogens with zero attached hydrogens (tertiary/aromatic N) is 2. The number of rotatable bonds is 3. The van der Waals surface area contributed by atoms with Gasteiger partial charge in [0.25, 0.3) is 5.91 Å². The summed E-state index contributed by atoms with van der Waals surface area (Å²) in [5, 5.41) is 11.0. The molecule has 0 aromatic carbocycles. The summed E-state index contributed by atoms with van der Waals surface area (Å²) >= 11 is 0. The maximum atomic E-state index is 10.8. The largest absolute Gasteiger partial charge is 0.366 e. The monoisotopic (exact) mass is 220 g/mol. The number of primary amides is 1. The summed E-state index contributed by atoms with van der Waals surface area (Å²) in [5.41, 5.74) is 5.29. The van der Waals surface area contributed by atoms with Crippen molar-refractivity contribution >= 4 is 11.7 Å². The highest BCUT2D eigenvalue weighted by Gasteiger charge is 2.13. The molecule has 0 radical (unpaired) electrons. The van der Waals surface area contributed by atoms with Crippen LogP contribution in [0.25, 0.3) is 0 Å². The van der Waals surface area contributed by atoms with Crippen LogP contribution in [0.1, 0.15) is 42.6 Å². The molecule has 0 aliphatic heterocycles. The van der Waals surface area contributed by atoms with Crippen molar-refractivity contribution in [2.75, 3.05) is 5.32 Å². The lowest BCUT2D eigenvalue weighted by Crippen LogP contribution is -2.23. The SMILES string of the molecule is NC(=O)c1ccc(NC2CCCCC2)nn1. The number of carbonyl (C=O) groups excluding carboxylic acids is 1. The normalized spacial score (nSPS) is 17.0. The van der Waals surface area contributed by atoms with Gasteiger partial charge in [0.2, 0.25) is 0 Å². The van der Waals surface area contributed by atoms with Crippen molar-refractivity contribution in [3.63, 3.8) is 0 Å². The van der Waals surface area contributed by atoms with E-state index in [0.29, 0.717) is 6.04 Å². The van der Waals surface area contributed by atoms with Crippen LogP contribution in [-0.2, 0) is 0 Å². The maximum absolute atomic E-state index is 10.8. The molecule has 1 heterocycles. The number of carbonyl (C=O) groups is 1. The molecule has 1 fully saturated rings. The molecule has 5 nitrogen and oxygen atoms in total. The first kappa shape index (κ1) is 10.9. The Balaban J connectivity index is 1.96. The number of hydrogen-bond acceptors (Lipinski definition) is 4. The lowest BCUT2D eigenvalue weighted by Gasteiger charge is -2.22. The summed E-state index contributed by atoms with van der Waals surface area (Å²) in [7, 11) is 0. The summed E-state index contributed by atoms with van der Waals surface area (Å²) in [5.74, 6) is 0.175. The van der Waals surface area contributed by atoms with Crippen molar-refractivity contribution in [3.05, 3.63) is 17.8 Å². The molecule has 2 rings (SSSR count). The van der Waals surface area contributed by atoms with Gasteiger partial charge in [-0.1, -0.05) is 19.3 Å². The number of hydrogen-bond donors (Lipinski definition) is 2. The summed E-state index contributed by atoms with van der Waals surface area (Å²) in [6, 6.07) is 3.84. The van der Waals surface area contributed by atoms with Gasteiger partial charge in [0.05, 0.1) is 0 Å². The zero-order chi connectivity index (χ0) is 11.4. The van der Waals surface area contributed by atoms with Crippen LogP contribution in [0.2, 0.25) is 0 Å². The molecular weight excluding hydrogens is 204 g/mol. The smallest absolute Gasteiger partial charge is 0.269 e. The quantitative estimate of drug-likeness (QED) is 0.805. The lowest BCUT2D eigenvalue weighted by atomic mass is 9.95. The van der Waals surface area contributed by atoms with Crippen molar-refractivity contribution in [2.24, 2.45) is 5.73 Å². The first-order chi connectivity index (χ1) is 7.75. The number of nitrogens with one attached hydrogen (secondary N) is 1. The third-order valence-electron chi connectivity index (χ3n) is 2.87. The molecule has 0 saturated heterocycles. The van der Waals surface area contributed by atoms with Crippen LogP contribution in [0.5, 0.6) is 0 Å². The van der Waals surface area contributed by atoms with Crippen LogP contribution in [0.15, 0.2) is 12.1 Å². The zero-order valence-electron chi connectivity index (χ0n) is 9.15. The van der Waals surface area contributed by atoms with E-state index in [1.807, 2.05) is 0 Å². The summed E-state index contributed by atoms with van der Waals surface area (Å²) in [6.07, 6.45) is 6.22.